The molecule has 4 nitrogen and oxygen atoms in total. The fraction of sp³-hybridized carbons (Fsp3) is 0.846. The van der Waals surface area contributed by atoms with Crippen LogP contribution in [0.15, 0.2) is 0 Å². The van der Waals surface area contributed by atoms with Gasteiger partial charge in [-0.2, -0.15) is 0 Å². The second-order valence-corrected chi connectivity index (χ2v) is 6.89. The standard InChI is InChI=1S/C13H25NO3S/c1-8(2)14-9(10(15)18)12(3,4)7-13(5,6)11(16)17/h8-9,14H,7H2,1-6H3,(H,15,18)(H,16,17). The molecule has 0 fully saturated rings. The maximum Gasteiger partial charge on any atom is 0.309 e. The lowest BCUT2D eigenvalue weighted by molar-refractivity contribution is -0.149. The van der Waals surface area contributed by atoms with Gasteiger partial charge in [0.1, 0.15) is 0 Å². The lowest BCUT2D eigenvalue weighted by Crippen LogP contribution is -2.51. The van der Waals surface area contributed by atoms with Crippen LogP contribution in [0.25, 0.3) is 0 Å². The summed E-state index contributed by atoms with van der Waals surface area (Å²) in [6.45, 7) is 11.0. The van der Waals surface area contributed by atoms with Crippen LogP contribution in [-0.4, -0.2) is 28.3 Å². The van der Waals surface area contributed by atoms with E-state index in [1.54, 1.807) is 13.8 Å². The molecular weight excluding hydrogens is 250 g/mol. The first-order valence-electron chi connectivity index (χ1n) is 6.12. The normalized spacial score (nSPS) is 14.7. The average Bonchev–Trinajstić information content (AvgIpc) is 2.11. The van der Waals surface area contributed by atoms with Crippen molar-refractivity contribution >= 4 is 23.7 Å². The summed E-state index contributed by atoms with van der Waals surface area (Å²) in [6.07, 6.45) is 0.395. The van der Waals surface area contributed by atoms with Crippen LogP contribution in [0.1, 0.15) is 48.0 Å². The molecule has 1 atom stereocenters. The lowest BCUT2D eigenvalue weighted by atomic mass is 9.71. The Bertz CT molecular complexity index is 324. The molecule has 0 aliphatic carbocycles. The average molecular weight is 275 g/mol. The summed E-state index contributed by atoms with van der Waals surface area (Å²) >= 11 is 3.91. The van der Waals surface area contributed by atoms with Gasteiger partial charge in [-0.1, -0.05) is 27.7 Å². The number of rotatable bonds is 7. The zero-order valence-corrected chi connectivity index (χ0v) is 13.0. The van der Waals surface area contributed by atoms with Crippen molar-refractivity contribution in [1.29, 1.82) is 0 Å². The summed E-state index contributed by atoms with van der Waals surface area (Å²) in [5.74, 6) is -0.856. The highest BCUT2D eigenvalue weighted by Crippen LogP contribution is 2.37. The molecule has 0 heterocycles. The topological polar surface area (TPSA) is 66.4 Å². The largest absolute Gasteiger partial charge is 0.481 e. The summed E-state index contributed by atoms with van der Waals surface area (Å²) in [6, 6.07) is -0.322. The quantitative estimate of drug-likeness (QED) is 0.624. The minimum atomic E-state index is -0.871. The smallest absolute Gasteiger partial charge is 0.309 e. The molecule has 1 unspecified atom stereocenters. The zero-order valence-electron chi connectivity index (χ0n) is 12.1. The molecule has 0 saturated carbocycles. The molecule has 0 aromatic carbocycles. The molecule has 2 N–H and O–H groups in total. The Morgan fingerprint density at radius 1 is 1.22 bits per heavy atom. The van der Waals surface area contributed by atoms with Crippen LogP contribution in [0, 0.1) is 10.8 Å². The number of aliphatic carboxylic acids is 1. The van der Waals surface area contributed by atoms with E-state index in [4.69, 9.17) is 0 Å². The van der Waals surface area contributed by atoms with Gasteiger partial charge in [0.15, 0.2) is 0 Å². The van der Waals surface area contributed by atoms with Crippen LogP contribution in [0.5, 0.6) is 0 Å². The third-order valence-electron chi connectivity index (χ3n) is 3.00. The van der Waals surface area contributed by atoms with Crippen molar-refractivity contribution in [1.82, 2.24) is 5.32 Å². The number of thiol groups is 1. The predicted molar refractivity (Wildman–Crippen MR) is 75.9 cm³/mol. The Balaban J connectivity index is 5.07. The Morgan fingerprint density at radius 2 is 1.67 bits per heavy atom. The van der Waals surface area contributed by atoms with Crippen molar-refractivity contribution in [3.05, 3.63) is 0 Å². The van der Waals surface area contributed by atoms with Crippen LogP contribution in [0.2, 0.25) is 0 Å². The van der Waals surface area contributed by atoms with Gasteiger partial charge in [0.25, 0.3) is 0 Å². The maximum atomic E-state index is 11.6. The molecule has 0 aromatic heterocycles. The Kier molecular flexibility index (Phi) is 5.88. The number of carboxylic acid groups (broad SMARTS) is 1. The Hall–Kier alpha value is -0.550. The predicted octanol–water partition coefficient (Wildman–Crippen LogP) is 2.34. The van der Waals surface area contributed by atoms with Crippen molar-refractivity contribution < 1.29 is 14.7 Å². The van der Waals surface area contributed by atoms with Gasteiger partial charge in [0, 0.05) is 6.04 Å². The number of carbonyl (C=O) groups is 2. The number of hydrogen-bond acceptors (Lipinski definition) is 3. The summed E-state index contributed by atoms with van der Waals surface area (Å²) in [5.41, 5.74) is -1.35. The zero-order chi connectivity index (χ0) is 14.7. The number of carboxylic acids is 1. The molecule has 0 bridgehead atoms. The van der Waals surface area contributed by atoms with Gasteiger partial charge >= 0.3 is 5.97 Å². The SMILES string of the molecule is CC(C)NC(C(=O)S)C(C)(C)CC(C)(C)C(=O)O. The number of hydrogen-bond donors (Lipinski definition) is 3. The van der Waals surface area contributed by atoms with E-state index in [-0.39, 0.29) is 11.2 Å². The molecule has 0 aliphatic rings. The van der Waals surface area contributed by atoms with E-state index in [2.05, 4.69) is 17.9 Å². The van der Waals surface area contributed by atoms with Crippen LogP contribution >= 0.6 is 12.6 Å². The van der Waals surface area contributed by atoms with Crippen LogP contribution < -0.4 is 5.32 Å². The van der Waals surface area contributed by atoms with E-state index in [1.165, 1.54) is 0 Å². The molecule has 0 aromatic rings. The first-order valence-corrected chi connectivity index (χ1v) is 6.57. The van der Waals surface area contributed by atoms with E-state index >= 15 is 0 Å². The molecule has 0 saturated heterocycles. The van der Waals surface area contributed by atoms with Gasteiger partial charge in [-0.3, -0.25) is 9.59 Å². The number of nitrogens with one attached hydrogen (secondary N) is 1. The van der Waals surface area contributed by atoms with Crippen LogP contribution in [-0.2, 0) is 9.59 Å². The van der Waals surface area contributed by atoms with Crippen LogP contribution in [0.4, 0.5) is 0 Å². The first-order chi connectivity index (χ1) is 7.90. The fourth-order valence-electron chi connectivity index (χ4n) is 2.28. The minimum Gasteiger partial charge on any atom is -0.481 e. The molecule has 0 rings (SSSR count). The fourth-order valence-corrected chi connectivity index (χ4v) is 2.71. The molecule has 5 heteroatoms. The van der Waals surface area contributed by atoms with Gasteiger partial charge in [0.05, 0.1) is 11.5 Å². The van der Waals surface area contributed by atoms with Crippen molar-refractivity contribution in [3.63, 3.8) is 0 Å². The summed E-state index contributed by atoms with van der Waals surface area (Å²) in [7, 11) is 0. The van der Waals surface area contributed by atoms with E-state index < -0.39 is 22.8 Å². The van der Waals surface area contributed by atoms with E-state index in [1.807, 2.05) is 27.7 Å². The summed E-state index contributed by atoms with van der Waals surface area (Å²) in [4.78, 5) is 22.8. The van der Waals surface area contributed by atoms with E-state index in [0.29, 0.717) is 6.42 Å². The Labute approximate surface area is 115 Å². The second-order valence-electron chi connectivity index (χ2n) is 6.45. The Morgan fingerprint density at radius 3 is 1.94 bits per heavy atom. The van der Waals surface area contributed by atoms with E-state index in [0.717, 1.165) is 0 Å². The molecule has 0 spiro atoms. The van der Waals surface area contributed by atoms with Crippen LogP contribution in [0.3, 0.4) is 0 Å². The molecular formula is C13H25NO3S. The highest BCUT2D eigenvalue weighted by molar-refractivity contribution is 7.96. The summed E-state index contributed by atoms with van der Waals surface area (Å²) < 4.78 is 0. The van der Waals surface area contributed by atoms with Gasteiger partial charge in [-0.25, -0.2) is 0 Å². The highest BCUT2D eigenvalue weighted by Gasteiger charge is 2.41. The second kappa shape index (κ2) is 6.06. The monoisotopic (exact) mass is 275 g/mol. The molecule has 106 valence electrons. The van der Waals surface area contributed by atoms with Crippen molar-refractivity contribution in [2.75, 3.05) is 0 Å². The van der Waals surface area contributed by atoms with E-state index in [9.17, 15) is 14.7 Å². The highest BCUT2D eigenvalue weighted by atomic mass is 32.1. The molecule has 18 heavy (non-hydrogen) atoms. The number of carbonyl (C=O) groups excluding carboxylic acids is 1. The third-order valence-corrected chi connectivity index (χ3v) is 3.26. The summed E-state index contributed by atoms with van der Waals surface area (Å²) in [5, 5.41) is 12.1. The minimum absolute atomic E-state index is 0.137. The van der Waals surface area contributed by atoms with Crippen molar-refractivity contribution in [3.8, 4) is 0 Å². The molecule has 0 amide bonds. The molecule has 0 radical (unpaired) electrons. The van der Waals surface area contributed by atoms with Gasteiger partial charge in [-0.15, -0.1) is 12.6 Å². The van der Waals surface area contributed by atoms with Gasteiger partial charge < -0.3 is 10.4 Å². The van der Waals surface area contributed by atoms with Crippen molar-refractivity contribution in [2.24, 2.45) is 10.8 Å². The van der Waals surface area contributed by atoms with Crippen molar-refractivity contribution in [2.45, 2.75) is 60.0 Å². The maximum absolute atomic E-state index is 11.6. The molecule has 0 aliphatic heterocycles. The van der Waals surface area contributed by atoms with Gasteiger partial charge in [0.2, 0.25) is 5.12 Å². The lowest BCUT2D eigenvalue weighted by Gasteiger charge is -2.38. The van der Waals surface area contributed by atoms with Gasteiger partial charge in [-0.05, 0) is 25.7 Å². The third kappa shape index (κ3) is 4.98. The first kappa shape index (κ1) is 17.4.